The van der Waals surface area contributed by atoms with Gasteiger partial charge in [-0.3, -0.25) is 10.1 Å². The molecule has 0 N–H and O–H groups in total. The summed E-state index contributed by atoms with van der Waals surface area (Å²) < 4.78 is 26.5. The molecule has 1 atom stereocenters. The van der Waals surface area contributed by atoms with E-state index in [9.17, 15) is 18.9 Å². The van der Waals surface area contributed by atoms with Gasteiger partial charge in [-0.25, -0.2) is 4.39 Å². The summed E-state index contributed by atoms with van der Waals surface area (Å²) in [6.45, 7) is 1.63. The Morgan fingerprint density at radius 2 is 2.17 bits per heavy atom. The second kappa shape index (κ2) is 5.40. The van der Waals surface area contributed by atoms with Gasteiger partial charge < -0.3 is 4.90 Å². The Morgan fingerprint density at radius 3 is 2.67 bits per heavy atom. The molecule has 5 nitrogen and oxygen atoms in total. The molecule has 18 heavy (non-hydrogen) atoms. The fraction of sp³-hybridized carbons (Fsp3) is 0.364. The van der Waals surface area contributed by atoms with Crippen molar-refractivity contribution in [3.8, 4) is 6.07 Å². The van der Waals surface area contributed by atoms with Crippen LogP contribution in [0.2, 0.25) is 0 Å². The minimum absolute atomic E-state index is 0.0891. The fourth-order valence-electron chi connectivity index (χ4n) is 1.51. The van der Waals surface area contributed by atoms with Crippen molar-refractivity contribution >= 4 is 11.4 Å². The minimum atomic E-state index is -1.23. The number of nitro groups is 1. The molecule has 1 unspecified atom stereocenters. The molecule has 1 rings (SSSR count). The summed E-state index contributed by atoms with van der Waals surface area (Å²) in [5, 5.41) is 19.4. The molecular weight excluding hydrogens is 244 g/mol. The molecule has 0 saturated carbocycles. The summed E-state index contributed by atoms with van der Waals surface area (Å²) >= 11 is 0. The third-order valence-electron chi connectivity index (χ3n) is 2.62. The van der Waals surface area contributed by atoms with Gasteiger partial charge in [-0.15, -0.1) is 0 Å². The maximum atomic E-state index is 13.4. The van der Waals surface area contributed by atoms with Crippen molar-refractivity contribution in [2.45, 2.75) is 19.4 Å². The van der Waals surface area contributed by atoms with Crippen LogP contribution in [-0.4, -0.2) is 18.0 Å². The zero-order valence-corrected chi connectivity index (χ0v) is 9.85. The Kier molecular flexibility index (Phi) is 4.15. The summed E-state index contributed by atoms with van der Waals surface area (Å²) in [6.07, 6.45) is 0.0891. The van der Waals surface area contributed by atoms with Crippen molar-refractivity contribution in [2.24, 2.45) is 0 Å². The number of halogens is 2. The first-order chi connectivity index (χ1) is 8.38. The number of benzene rings is 1. The largest absolute Gasteiger partial charge is 0.365 e. The Morgan fingerprint density at radius 1 is 1.56 bits per heavy atom. The van der Waals surface area contributed by atoms with Crippen molar-refractivity contribution in [2.75, 3.05) is 11.9 Å². The normalized spacial score (nSPS) is 11.7. The van der Waals surface area contributed by atoms with Crippen LogP contribution in [0.1, 0.15) is 13.3 Å². The zero-order valence-electron chi connectivity index (χ0n) is 9.85. The first-order valence-electron chi connectivity index (χ1n) is 5.11. The number of hydrogen-bond donors (Lipinski definition) is 0. The van der Waals surface area contributed by atoms with Crippen LogP contribution in [0.15, 0.2) is 12.1 Å². The monoisotopic (exact) mass is 255 g/mol. The molecule has 0 aliphatic heterocycles. The first-order valence-corrected chi connectivity index (χ1v) is 5.11. The lowest BCUT2D eigenvalue weighted by molar-refractivity contribution is -0.386. The average molecular weight is 255 g/mol. The lowest BCUT2D eigenvalue weighted by Gasteiger charge is -2.24. The number of nitriles is 1. The highest BCUT2D eigenvalue weighted by Gasteiger charge is 2.26. The Bertz CT molecular complexity index is 514. The van der Waals surface area contributed by atoms with Crippen LogP contribution in [0.3, 0.4) is 0 Å². The smallest absolute Gasteiger partial charge is 0.328 e. The van der Waals surface area contributed by atoms with Gasteiger partial charge in [-0.05, 0) is 6.92 Å². The molecule has 0 saturated heterocycles. The molecular formula is C11H11F2N3O2. The van der Waals surface area contributed by atoms with Crippen molar-refractivity contribution in [3.63, 3.8) is 0 Å². The topological polar surface area (TPSA) is 70.2 Å². The highest BCUT2D eigenvalue weighted by atomic mass is 19.1. The molecule has 0 amide bonds. The van der Waals surface area contributed by atoms with Gasteiger partial charge in [0, 0.05) is 25.2 Å². The van der Waals surface area contributed by atoms with Gasteiger partial charge in [0.25, 0.3) is 0 Å². The number of nitrogens with zero attached hydrogens (tertiary/aromatic N) is 3. The molecule has 0 aromatic heterocycles. The van der Waals surface area contributed by atoms with E-state index >= 15 is 0 Å². The van der Waals surface area contributed by atoms with Gasteiger partial charge in [0.1, 0.15) is 11.5 Å². The van der Waals surface area contributed by atoms with Crippen molar-refractivity contribution in [1.29, 1.82) is 5.26 Å². The molecule has 0 spiro atoms. The molecule has 0 heterocycles. The van der Waals surface area contributed by atoms with Crippen LogP contribution in [0.4, 0.5) is 20.2 Å². The van der Waals surface area contributed by atoms with E-state index in [0.29, 0.717) is 6.07 Å². The lowest BCUT2D eigenvalue weighted by atomic mass is 10.1. The quantitative estimate of drug-likeness (QED) is 0.612. The molecule has 96 valence electrons. The number of rotatable bonds is 4. The van der Waals surface area contributed by atoms with Crippen LogP contribution in [-0.2, 0) is 0 Å². The molecule has 1 aromatic rings. The third kappa shape index (κ3) is 2.71. The summed E-state index contributed by atoms with van der Waals surface area (Å²) in [6, 6.07) is 2.85. The van der Waals surface area contributed by atoms with Gasteiger partial charge >= 0.3 is 5.69 Å². The SMILES string of the molecule is CC(CC#N)N(C)c1cc(F)cc(F)c1[N+](=O)[O-]. The summed E-state index contributed by atoms with van der Waals surface area (Å²) in [5.41, 5.74) is -0.969. The third-order valence-corrected chi connectivity index (χ3v) is 2.62. The maximum absolute atomic E-state index is 13.4. The zero-order chi connectivity index (χ0) is 13.9. The summed E-state index contributed by atoms with van der Waals surface area (Å²) in [5.74, 6) is -2.13. The molecule has 7 heteroatoms. The fourth-order valence-corrected chi connectivity index (χ4v) is 1.51. The number of anilines is 1. The van der Waals surface area contributed by atoms with E-state index < -0.39 is 28.3 Å². The van der Waals surface area contributed by atoms with Crippen LogP contribution in [0, 0.1) is 33.1 Å². The van der Waals surface area contributed by atoms with Gasteiger partial charge in [0.05, 0.1) is 17.4 Å². The second-order valence-electron chi connectivity index (χ2n) is 3.83. The highest BCUT2D eigenvalue weighted by Crippen LogP contribution is 2.32. The van der Waals surface area contributed by atoms with Gasteiger partial charge in [-0.2, -0.15) is 9.65 Å². The lowest BCUT2D eigenvalue weighted by Crippen LogP contribution is -2.29. The van der Waals surface area contributed by atoms with E-state index in [-0.39, 0.29) is 12.1 Å². The van der Waals surface area contributed by atoms with E-state index in [1.165, 1.54) is 11.9 Å². The standard InChI is InChI=1S/C11H11F2N3O2/c1-7(3-4-14)15(2)10-6-8(12)5-9(13)11(10)16(17)18/h5-7H,3H2,1-2H3. The Balaban J connectivity index is 3.30. The van der Waals surface area contributed by atoms with Crippen molar-refractivity contribution < 1.29 is 13.7 Å². The Hall–Kier alpha value is -2.23. The maximum Gasteiger partial charge on any atom is 0.328 e. The van der Waals surface area contributed by atoms with Crippen molar-refractivity contribution in [3.05, 3.63) is 33.9 Å². The van der Waals surface area contributed by atoms with E-state index in [4.69, 9.17) is 5.26 Å². The van der Waals surface area contributed by atoms with Crippen LogP contribution < -0.4 is 4.90 Å². The predicted molar refractivity (Wildman–Crippen MR) is 61.1 cm³/mol. The van der Waals surface area contributed by atoms with E-state index in [2.05, 4.69) is 0 Å². The first kappa shape index (κ1) is 13.8. The highest BCUT2D eigenvalue weighted by molar-refractivity contribution is 5.64. The van der Waals surface area contributed by atoms with Crippen LogP contribution in [0.5, 0.6) is 0 Å². The average Bonchev–Trinajstić information content (AvgIpc) is 2.26. The van der Waals surface area contributed by atoms with Crippen LogP contribution in [0.25, 0.3) is 0 Å². The number of nitro benzene ring substituents is 1. The molecule has 0 fully saturated rings. The van der Waals surface area contributed by atoms with Gasteiger partial charge in [-0.1, -0.05) is 0 Å². The summed E-state index contributed by atoms with van der Waals surface area (Å²) in [7, 11) is 1.45. The molecule has 0 aliphatic rings. The van der Waals surface area contributed by atoms with E-state index in [0.717, 1.165) is 6.07 Å². The van der Waals surface area contributed by atoms with Crippen molar-refractivity contribution in [1.82, 2.24) is 0 Å². The van der Waals surface area contributed by atoms with Gasteiger partial charge in [0.2, 0.25) is 5.82 Å². The Labute approximate surface area is 102 Å². The molecule has 0 bridgehead atoms. The summed E-state index contributed by atoms with van der Waals surface area (Å²) in [4.78, 5) is 11.2. The van der Waals surface area contributed by atoms with E-state index in [1.807, 2.05) is 6.07 Å². The molecule has 0 radical (unpaired) electrons. The molecule has 1 aromatic carbocycles. The second-order valence-corrected chi connectivity index (χ2v) is 3.83. The van der Waals surface area contributed by atoms with E-state index in [1.54, 1.807) is 6.92 Å². The van der Waals surface area contributed by atoms with Gasteiger partial charge in [0.15, 0.2) is 0 Å². The molecule has 0 aliphatic carbocycles. The predicted octanol–water partition coefficient (Wildman–Crippen LogP) is 2.61. The number of hydrogen-bond acceptors (Lipinski definition) is 4. The minimum Gasteiger partial charge on any atom is -0.365 e. The van der Waals surface area contributed by atoms with Crippen LogP contribution >= 0.6 is 0 Å².